The van der Waals surface area contributed by atoms with Gasteiger partial charge in [0.1, 0.15) is 5.69 Å². The number of fused-ring (bicyclic) bond motifs is 2. The van der Waals surface area contributed by atoms with E-state index in [1.165, 1.54) is 0 Å². The molecule has 0 saturated carbocycles. The summed E-state index contributed by atoms with van der Waals surface area (Å²) in [4.78, 5) is 27.2. The minimum absolute atomic E-state index is 0.0666. The number of nitrogens with zero attached hydrogens (tertiary/aromatic N) is 6. The summed E-state index contributed by atoms with van der Waals surface area (Å²) in [5.41, 5.74) is 6.98. The summed E-state index contributed by atoms with van der Waals surface area (Å²) in [5, 5.41) is 8.95. The Labute approximate surface area is 228 Å². The number of rotatable bonds is 7. The second-order valence-electron chi connectivity index (χ2n) is 10.3. The van der Waals surface area contributed by atoms with E-state index in [9.17, 15) is 4.79 Å². The van der Waals surface area contributed by atoms with Crippen LogP contribution in [0.2, 0.25) is 0 Å². The molecule has 8 heteroatoms. The Hall–Kier alpha value is -4.14. The molecule has 6 rings (SSSR count). The van der Waals surface area contributed by atoms with Crippen LogP contribution in [-0.2, 0) is 0 Å². The van der Waals surface area contributed by atoms with E-state index in [1.807, 2.05) is 72.2 Å². The van der Waals surface area contributed by atoms with Crippen LogP contribution >= 0.6 is 0 Å². The number of pyridine rings is 3. The number of carbonyl (C=O) groups is 1. The maximum Gasteiger partial charge on any atom is 0.251 e. The van der Waals surface area contributed by atoms with E-state index < -0.39 is 0 Å². The van der Waals surface area contributed by atoms with Crippen molar-refractivity contribution in [2.75, 3.05) is 46.3 Å². The van der Waals surface area contributed by atoms with Gasteiger partial charge in [0.05, 0.1) is 16.7 Å². The molecule has 1 fully saturated rings. The Morgan fingerprint density at radius 3 is 2.72 bits per heavy atom. The molecule has 5 heterocycles. The lowest BCUT2D eigenvalue weighted by molar-refractivity contribution is 0.0949. The summed E-state index contributed by atoms with van der Waals surface area (Å²) in [6, 6.07) is 19.8. The molecular weight excluding hydrogens is 486 g/mol. The molecule has 39 heavy (non-hydrogen) atoms. The first-order chi connectivity index (χ1) is 19.1. The monoisotopic (exact) mass is 519 g/mol. The predicted molar refractivity (Wildman–Crippen MR) is 155 cm³/mol. The number of aromatic nitrogens is 4. The number of hydrogen-bond donors (Lipinski definition) is 1. The normalized spacial score (nSPS) is 14.7. The van der Waals surface area contributed by atoms with E-state index in [4.69, 9.17) is 10.1 Å². The molecule has 198 valence electrons. The van der Waals surface area contributed by atoms with Gasteiger partial charge in [-0.15, -0.1) is 0 Å². The van der Waals surface area contributed by atoms with Crippen LogP contribution in [0.5, 0.6) is 0 Å². The van der Waals surface area contributed by atoms with Crippen molar-refractivity contribution in [1.82, 2.24) is 34.7 Å². The topological polar surface area (TPSA) is 78.7 Å². The van der Waals surface area contributed by atoms with Gasteiger partial charge < -0.3 is 15.1 Å². The van der Waals surface area contributed by atoms with Crippen molar-refractivity contribution in [3.05, 3.63) is 84.3 Å². The lowest BCUT2D eigenvalue weighted by Crippen LogP contribution is -2.45. The van der Waals surface area contributed by atoms with Gasteiger partial charge in [-0.25, -0.2) is 4.52 Å². The molecule has 0 atom stereocenters. The first kappa shape index (κ1) is 25.2. The highest BCUT2D eigenvalue weighted by molar-refractivity contribution is 6.05. The van der Waals surface area contributed by atoms with Gasteiger partial charge in [-0.05, 0) is 75.0 Å². The number of aryl methyl sites for hydroxylation is 1. The van der Waals surface area contributed by atoms with Crippen molar-refractivity contribution in [2.45, 2.75) is 13.3 Å². The molecule has 0 bridgehead atoms. The van der Waals surface area contributed by atoms with Crippen LogP contribution in [0.15, 0.2) is 73.1 Å². The van der Waals surface area contributed by atoms with Crippen molar-refractivity contribution in [3.8, 4) is 22.5 Å². The fourth-order valence-electron chi connectivity index (χ4n) is 5.30. The molecule has 8 nitrogen and oxygen atoms in total. The number of benzene rings is 1. The minimum Gasteiger partial charge on any atom is -0.352 e. The van der Waals surface area contributed by atoms with E-state index in [2.05, 4.69) is 33.2 Å². The van der Waals surface area contributed by atoms with Crippen LogP contribution in [0, 0.1) is 6.92 Å². The molecule has 5 aromatic rings. The summed E-state index contributed by atoms with van der Waals surface area (Å²) < 4.78 is 1.89. The van der Waals surface area contributed by atoms with Crippen molar-refractivity contribution in [2.24, 2.45) is 0 Å². The minimum atomic E-state index is -0.0666. The Balaban J connectivity index is 1.26. The van der Waals surface area contributed by atoms with Crippen LogP contribution in [0.3, 0.4) is 0 Å². The third kappa shape index (κ3) is 5.26. The second kappa shape index (κ2) is 10.9. The molecule has 0 aliphatic carbocycles. The Morgan fingerprint density at radius 1 is 1.00 bits per heavy atom. The molecule has 4 aromatic heterocycles. The number of nitrogens with one attached hydrogen (secondary N) is 1. The number of hydrogen-bond acceptors (Lipinski definition) is 6. The van der Waals surface area contributed by atoms with Crippen molar-refractivity contribution >= 4 is 22.3 Å². The first-order valence-corrected chi connectivity index (χ1v) is 13.6. The van der Waals surface area contributed by atoms with Gasteiger partial charge in [-0.3, -0.25) is 14.8 Å². The van der Waals surface area contributed by atoms with Gasteiger partial charge in [0.25, 0.3) is 5.91 Å². The Bertz CT molecular complexity index is 1640. The third-order valence-electron chi connectivity index (χ3n) is 7.48. The number of carbonyl (C=O) groups excluding carboxylic acids is 1. The largest absolute Gasteiger partial charge is 0.352 e. The summed E-state index contributed by atoms with van der Waals surface area (Å²) in [7, 11) is 2.16. The molecule has 1 amide bonds. The van der Waals surface area contributed by atoms with Gasteiger partial charge in [-0.2, -0.15) is 5.10 Å². The van der Waals surface area contributed by atoms with Gasteiger partial charge in [0.2, 0.25) is 0 Å². The van der Waals surface area contributed by atoms with E-state index in [1.54, 1.807) is 6.20 Å². The number of likely N-dealkylation sites (N-methyl/N-ethyl adjacent to an activating group) is 1. The fourth-order valence-corrected chi connectivity index (χ4v) is 5.30. The molecule has 1 N–H and O–H groups in total. The molecule has 0 unspecified atom stereocenters. The highest BCUT2D eigenvalue weighted by Gasteiger charge is 2.20. The van der Waals surface area contributed by atoms with E-state index in [-0.39, 0.29) is 5.91 Å². The van der Waals surface area contributed by atoms with Crippen LogP contribution in [0.4, 0.5) is 0 Å². The Kier molecular flexibility index (Phi) is 7.04. The highest BCUT2D eigenvalue weighted by atomic mass is 16.1. The molecule has 1 saturated heterocycles. The summed E-state index contributed by atoms with van der Waals surface area (Å²) >= 11 is 0. The van der Waals surface area contributed by atoms with Crippen LogP contribution in [0.25, 0.3) is 38.9 Å². The quantitative estimate of drug-likeness (QED) is 0.323. The number of amides is 1. The lowest BCUT2D eigenvalue weighted by Gasteiger charge is -2.32. The maximum absolute atomic E-state index is 13.0. The van der Waals surface area contributed by atoms with Gasteiger partial charge in [-0.1, -0.05) is 18.2 Å². The van der Waals surface area contributed by atoms with Crippen LogP contribution < -0.4 is 5.32 Å². The zero-order chi connectivity index (χ0) is 26.8. The predicted octanol–water partition coefficient (Wildman–Crippen LogP) is 4.29. The smallest absolute Gasteiger partial charge is 0.251 e. The molecule has 1 aliphatic heterocycles. The fraction of sp³-hybridized carbons (Fsp3) is 0.290. The zero-order valence-electron chi connectivity index (χ0n) is 22.5. The average molecular weight is 520 g/mol. The standard InChI is InChI=1S/C31H33N7O/c1-22-7-5-8-26(34-22)30-29(28-9-3-4-16-38(28)35-30)25-12-14-32-27-21-23(10-11-24(25)27)31(39)33-13-6-15-37-19-17-36(2)18-20-37/h3-5,7-12,14,16,21H,6,13,15,17-20H2,1-2H3,(H,33,39). The first-order valence-electron chi connectivity index (χ1n) is 13.6. The second-order valence-corrected chi connectivity index (χ2v) is 10.3. The summed E-state index contributed by atoms with van der Waals surface area (Å²) in [6.45, 7) is 8.06. The molecule has 0 radical (unpaired) electrons. The van der Waals surface area contributed by atoms with Gasteiger partial charge in [0, 0.05) is 67.3 Å². The third-order valence-corrected chi connectivity index (χ3v) is 7.48. The number of piperazine rings is 1. The zero-order valence-corrected chi connectivity index (χ0v) is 22.5. The van der Waals surface area contributed by atoms with Gasteiger partial charge >= 0.3 is 0 Å². The van der Waals surface area contributed by atoms with Crippen molar-refractivity contribution < 1.29 is 4.79 Å². The van der Waals surface area contributed by atoms with Crippen LogP contribution in [-0.4, -0.2) is 81.6 Å². The van der Waals surface area contributed by atoms with Gasteiger partial charge in [0.15, 0.2) is 0 Å². The Morgan fingerprint density at radius 2 is 1.87 bits per heavy atom. The molecular formula is C31H33N7O. The van der Waals surface area contributed by atoms with Crippen LogP contribution in [0.1, 0.15) is 22.5 Å². The van der Waals surface area contributed by atoms with E-state index in [0.717, 1.165) is 83.8 Å². The molecule has 1 aromatic carbocycles. The average Bonchev–Trinajstić information content (AvgIpc) is 3.35. The SMILES string of the molecule is Cc1cccc(-c2nn3ccccc3c2-c2ccnc3cc(C(=O)NCCCN4CCN(C)CC4)ccc23)n1. The summed E-state index contributed by atoms with van der Waals surface area (Å²) in [6.07, 6.45) is 4.69. The maximum atomic E-state index is 13.0. The molecule has 1 aliphatic rings. The van der Waals surface area contributed by atoms with E-state index >= 15 is 0 Å². The van der Waals surface area contributed by atoms with E-state index in [0.29, 0.717) is 12.1 Å². The molecule has 0 spiro atoms. The lowest BCUT2D eigenvalue weighted by atomic mass is 9.97. The summed E-state index contributed by atoms with van der Waals surface area (Å²) in [5.74, 6) is -0.0666. The van der Waals surface area contributed by atoms with Crippen molar-refractivity contribution in [3.63, 3.8) is 0 Å². The highest BCUT2D eigenvalue weighted by Crippen LogP contribution is 2.38. The van der Waals surface area contributed by atoms with Crippen molar-refractivity contribution in [1.29, 1.82) is 0 Å².